The highest BCUT2D eigenvalue weighted by Crippen LogP contribution is 2.03. The quantitative estimate of drug-likeness (QED) is 0.589. The topological polar surface area (TPSA) is 49.3 Å². The number of hydrogen-bond donors (Lipinski definition) is 2. The molecule has 3 nitrogen and oxygen atoms in total. The third kappa shape index (κ3) is 8.05. The molecule has 0 saturated heterocycles. The van der Waals surface area contributed by atoms with Crippen LogP contribution in [0.3, 0.4) is 0 Å². The van der Waals surface area contributed by atoms with Crippen LogP contribution >= 0.6 is 0 Å². The number of hydrogen-bond acceptors (Lipinski definition) is 2. The smallest absolute Gasteiger partial charge is 0.248 e. The van der Waals surface area contributed by atoms with Gasteiger partial charge in [-0.15, -0.1) is 0 Å². The van der Waals surface area contributed by atoms with Crippen LogP contribution in [0.2, 0.25) is 0 Å². The van der Waals surface area contributed by atoms with Gasteiger partial charge in [0, 0.05) is 6.54 Å². The summed E-state index contributed by atoms with van der Waals surface area (Å²) in [4.78, 5) is 10.9. The van der Waals surface area contributed by atoms with Crippen molar-refractivity contribution in [3.8, 4) is 0 Å². The van der Waals surface area contributed by atoms with E-state index in [0.29, 0.717) is 6.54 Å². The maximum Gasteiger partial charge on any atom is 0.248 e. The molecular weight excluding hydrogens is 178 g/mol. The predicted octanol–water partition coefficient (Wildman–Crippen LogP) is 1.84. The van der Waals surface area contributed by atoms with E-state index in [4.69, 9.17) is 5.11 Å². The molecule has 1 atom stereocenters. The zero-order valence-electron chi connectivity index (χ0n) is 9.38. The van der Waals surface area contributed by atoms with Crippen LogP contribution in [0.1, 0.15) is 52.4 Å². The molecule has 0 bridgehead atoms. The lowest BCUT2D eigenvalue weighted by Gasteiger charge is -2.06. The summed E-state index contributed by atoms with van der Waals surface area (Å²) in [7, 11) is 0. The summed E-state index contributed by atoms with van der Waals surface area (Å²) in [6.07, 6.45) is 6.41. The highest BCUT2D eigenvalue weighted by molar-refractivity contribution is 5.79. The van der Waals surface area contributed by atoms with Crippen molar-refractivity contribution < 1.29 is 9.90 Å². The van der Waals surface area contributed by atoms with E-state index < -0.39 is 6.10 Å². The van der Waals surface area contributed by atoms with E-state index in [0.717, 1.165) is 6.42 Å². The molecule has 0 aliphatic rings. The van der Waals surface area contributed by atoms with Gasteiger partial charge in [-0.1, -0.05) is 39.0 Å². The minimum absolute atomic E-state index is 0.265. The Morgan fingerprint density at radius 1 is 1.21 bits per heavy atom. The van der Waals surface area contributed by atoms with E-state index in [9.17, 15) is 4.79 Å². The lowest BCUT2D eigenvalue weighted by molar-refractivity contribution is -0.128. The second-order valence-corrected chi connectivity index (χ2v) is 3.73. The van der Waals surface area contributed by atoms with Crippen molar-refractivity contribution in [2.24, 2.45) is 0 Å². The van der Waals surface area contributed by atoms with Crippen molar-refractivity contribution in [1.82, 2.24) is 5.32 Å². The van der Waals surface area contributed by atoms with Crippen molar-refractivity contribution in [2.45, 2.75) is 58.5 Å². The van der Waals surface area contributed by atoms with E-state index in [1.807, 2.05) is 0 Å². The fourth-order valence-electron chi connectivity index (χ4n) is 1.26. The van der Waals surface area contributed by atoms with Crippen LogP contribution < -0.4 is 5.32 Å². The van der Waals surface area contributed by atoms with Gasteiger partial charge < -0.3 is 10.4 Å². The molecule has 0 aromatic carbocycles. The fourth-order valence-corrected chi connectivity index (χ4v) is 1.26. The van der Waals surface area contributed by atoms with Gasteiger partial charge in [0.2, 0.25) is 5.91 Å². The Hall–Kier alpha value is -0.570. The molecule has 1 amide bonds. The Morgan fingerprint density at radius 3 is 2.36 bits per heavy atom. The van der Waals surface area contributed by atoms with E-state index in [-0.39, 0.29) is 5.91 Å². The van der Waals surface area contributed by atoms with Crippen molar-refractivity contribution in [3.05, 3.63) is 0 Å². The van der Waals surface area contributed by atoms with E-state index in [1.54, 1.807) is 0 Å². The second kappa shape index (κ2) is 9.00. The van der Waals surface area contributed by atoms with Gasteiger partial charge in [-0.2, -0.15) is 0 Å². The SMILES string of the molecule is CCCCCCCCNC(=O)C(C)O. The van der Waals surface area contributed by atoms with Gasteiger partial charge in [0.05, 0.1) is 0 Å². The standard InChI is InChI=1S/C11H23NO2/c1-3-4-5-6-7-8-9-12-11(14)10(2)13/h10,13H,3-9H2,1-2H3,(H,12,14). The summed E-state index contributed by atoms with van der Waals surface area (Å²) in [5, 5.41) is 11.6. The maximum absolute atomic E-state index is 10.9. The van der Waals surface area contributed by atoms with Gasteiger partial charge in [-0.3, -0.25) is 4.79 Å². The van der Waals surface area contributed by atoms with Crippen LogP contribution in [0, 0.1) is 0 Å². The largest absolute Gasteiger partial charge is 0.384 e. The van der Waals surface area contributed by atoms with Crippen LogP contribution in [0.4, 0.5) is 0 Å². The summed E-state index contributed by atoms with van der Waals surface area (Å²) < 4.78 is 0. The first-order valence-corrected chi connectivity index (χ1v) is 5.64. The summed E-state index contributed by atoms with van der Waals surface area (Å²) in [6, 6.07) is 0. The number of aliphatic hydroxyl groups excluding tert-OH is 1. The van der Waals surface area contributed by atoms with Crippen molar-refractivity contribution in [3.63, 3.8) is 0 Å². The molecule has 0 fully saturated rings. The van der Waals surface area contributed by atoms with Crippen LogP contribution in [0.15, 0.2) is 0 Å². The summed E-state index contributed by atoms with van der Waals surface area (Å²) in [5.41, 5.74) is 0. The van der Waals surface area contributed by atoms with Crippen LogP contribution in [0.5, 0.6) is 0 Å². The van der Waals surface area contributed by atoms with E-state index >= 15 is 0 Å². The molecule has 3 heteroatoms. The first kappa shape index (κ1) is 13.4. The van der Waals surface area contributed by atoms with Gasteiger partial charge in [-0.25, -0.2) is 0 Å². The van der Waals surface area contributed by atoms with Crippen molar-refractivity contribution >= 4 is 5.91 Å². The molecule has 0 aromatic rings. The zero-order valence-corrected chi connectivity index (χ0v) is 9.38. The van der Waals surface area contributed by atoms with Gasteiger partial charge in [0.15, 0.2) is 0 Å². The third-order valence-electron chi connectivity index (χ3n) is 2.21. The third-order valence-corrected chi connectivity index (χ3v) is 2.21. The molecular formula is C11H23NO2. The number of amides is 1. The Balaban J connectivity index is 3.10. The lowest BCUT2D eigenvalue weighted by Crippen LogP contribution is -2.33. The summed E-state index contributed by atoms with van der Waals surface area (Å²) in [6.45, 7) is 4.37. The number of aliphatic hydroxyl groups is 1. The molecule has 2 N–H and O–H groups in total. The molecule has 0 heterocycles. The predicted molar refractivity (Wildman–Crippen MR) is 58.1 cm³/mol. The number of rotatable bonds is 8. The zero-order chi connectivity index (χ0) is 10.8. The minimum Gasteiger partial charge on any atom is -0.384 e. The van der Waals surface area contributed by atoms with Crippen LogP contribution in [-0.2, 0) is 4.79 Å². The minimum atomic E-state index is -0.880. The Kier molecular flexibility index (Phi) is 8.64. The van der Waals surface area contributed by atoms with Crippen molar-refractivity contribution in [2.75, 3.05) is 6.54 Å². The average molecular weight is 201 g/mol. The molecule has 0 radical (unpaired) electrons. The lowest BCUT2D eigenvalue weighted by atomic mass is 10.1. The molecule has 0 rings (SSSR count). The van der Waals surface area contributed by atoms with Gasteiger partial charge >= 0.3 is 0 Å². The Labute approximate surface area is 86.9 Å². The normalized spacial score (nSPS) is 12.5. The van der Waals surface area contributed by atoms with E-state index in [2.05, 4.69) is 12.2 Å². The fraction of sp³-hybridized carbons (Fsp3) is 0.909. The number of carbonyl (C=O) groups excluding carboxylic acids is 1. The van der Waals surface area contributed by atoms with Crippen LogP contribution in [-0.4, -0.2) is 23.7 Å². The molecule has 0 aliphatic carbocycles. The molecule has 0 saturated carbocycles. The number of nitrogens with one attached hydrogen (secondary N) is 1. The maximum atomic E-state index is 10.9. The summed E-state index contributed by atoms with van der Waals surface area (Å²) in [5.74, 6) is -0.265. The van der Waals surface area contributed by atoms with Crippen molar-refractivity contribution in [1.29, 1.82) is 0 Å². The summed E-state index contributed by atoms with van der Waals surface area (Å²) >= 11 is 0. The highest BCUT2D eigenvalue weighted by Gasteiger charge is 2.05. The van der Waals surface area contributed by atoms with Crippen LogP contribution in [0.25, 0.3) is 0 Å². The number of carbonyl (C=O) groups is 1. The molecule has 0 aliphatic heterocycles. The average Bonchev–Trinajstić information content (AvgIpc) is 2.16. The molecule has 0 spiro atoms. The number of unbranched alkanes of at least 4 members (excludes halogenated alkanes) is 5. The first-order valence-electron chi connectivity index (χ1n) is 5.64. The monoisotopic (exact) mass is 201 g/mol. The Morgan fingerprint density at radius 2 is 1.79 bits per heavy atom. The highest BCUT2D eigenvalue weighted by atomic mass is 16.3. The second-order valence-electron chi connectivity index (χ2n) is 3.73. The molecule has 84 valence electrons. The molecule has 0 aromatic heterocycles. The first-order chi connectivity index (χ1) is 6.68. The van der Waals surface area contributed by atoms with Gasteiger partial charge in [0.1, 0.15) is 6.10 Å². The van der Waals surface area contributed by atoms with Gasteiger partial charge in [-0.05, 0) is 13.3 Å². The molecule has 1 unspecified atom stereocenters. The van der Waals surface area contributed by atoms with Gasteiger partial charge in [0.25, 0.3) is 0 Å². The molecule has 14 heavy (non-hydrogen) atoms. The Bertz CT molecular complexity index is 146. The van der Waals surface area contributed by atoms with E-state index in [1.165, 1.54) is 39.0 Å².